The van der Waals surface area contributed by atoms with Crippen LogP contribution in [0.4, 0.5) is 11.6 Å². The van der Waals surface area contributed by atoms with Gasteiger partial charge in [0.15, 0.2) is 11.5 Å². The van der Waals surface area contributed by atoms with E-state index in [9.17, 15) is 14.7 Å². The summed E-state index contributed by atoms with van der Waals surface area (Å²) in [6.07, 6.45) is 4.19. The summed E-state index contributed by atoms with van der Waals surface area (Å²) in [4.78, 5) is 37.2. The van der Waals surface area contributed by atoms with Crippen LogP contribution in [-0.4, -0.2) is 77.8 Å². The second-order valence-electron chi connectivity index (χ2n) is 7.84. The average molecular weight is 441 g/mol. The summed E-state index contributed by atoms with van der Waals surface area (Å²) >= 11 is 0. The number of hydrogen-bond acceptors (Lipinski definition) is 8. The van der Waals surface area contributed by atoms with E-state index in [2.05, 4.69) is 25.1 Å². The van der Waals surface area contributed by atoms with E-state index in [4.69, 9.17) is 9.47 Å². The third kappa shape index (κ3) is 5.64. The van der Waals surface area contributed by atoms with Crippen LogP contribution in [0.15, 0.2) is 36.7 Å². The third-order valence-corrected chi connectivity index (χ3v) is 5.51. The van der Waals surface area contributed by atoms with Gasteiger partial charge in [-0.2, -0.15) is 0 Å². The molecule has 0 bridgehead atoms. The molecule has 1 aromatic heterocycles. The normalized spacial score (nSPS) is 17.3. The molecule has 170 valence electrons. The third-order valence-electron chi connectivity index (χ3n) is 5.51. The number of carbonyl (C=O) groups excluding carboxylic acids is 1. The van der Waals surface area contributed by atoms with Gasteiger partial charge in [0.1, 0.15) is 13.2 Å². The molecule has 1 aromatic carbocycles. The van der Waals surface area contributed by atoms with Crippen molar-refractivity contribution in [2.75, 3.05) is 56.2 Å². The Kier molecular flexibility index (Phi) is 7.00. The lowest BCUT2D eigenvalue weighted by atomic mass is 10.0. The standard InChI is InChI=1S/C22H27N5O5/c28-20(25-17-3-4-18-19(14-17)32-12-11-31-18)13-16(21(29)30)15-26-7-2-8-27(10-9-26)22-23-5-1-6-24-22/h1,3-6,14,16H,2,7-13,15H2,(H,25,28)(H,29,30). The van der Waals surface area contributed by atoms with Crippen LogP contribution in [0.5, 0.6) is 11.5 Å². The topological polar surface area (TPSA) is 117 Å². The van der Waals surface area contributed by atoms with Crippen LogP contribution in [-0.2, 0) is 9.59 Å². The minimum atomic E-state index is -0.977. The van der Waals surface area contributed by atoms with E-state index >= 15 is 0 Å². The molecule has 3 heterocycles. The molecule has 0 saturated carbocycles. The van der Waals surface area contributed by atoms with Crippen LogP contribution in [0.3, 0.4) is 0 Å². The van der Waals surface area contributed by atoms with Crippen molar-refractivity contribution in [2.24, 2.45) is 5.92 Å². The van der Waals surface area contributed by atoms with Crippen LogP contribution in [0.1, 0.15) is 12.8 Å². The first-order chi connectivity index (χ1) is 15.6. The summed E-state index contributed by atoms with van der Waals surface area (Å²) in [5, 5.41) is 12.5. The monoisotopic (exact) mass is 441 g/mol. The molecule has 2 aliphatic heterocycles. The van der Waals surface area contributed by atoms with E-state index < -0.39 is 11.9 Å². The lowest BCUT2D eigenvalue weighted by molar-refractivity contribution is -0.144. The van der Waals surface area contributed by atoms with E-state index in [1.54, 1.807) is 36.7 Å². The quantitative estimate of drug-likeness (QED) is 0.659. The highest BCUT2D eigenvalue weighted by atomic mass is 16.6. The predicted molar refractivity (Wildman–Crippen MR) is 117 cm³/mol. The number of ether oxygens (including phenoxy) is 2. The maximum atomic E-state index is 12.6. The largest absolute Gasteiger partial charge is 0.486 e. The fraction of sp³-hybridized carbons (Fsp3) is 0.455. The van der Waals surface area contributed by atoms with E-state index in [-0.39, 0.29) is 12.3 Å². The maximum Gasteiger partial charge on any atom is 0.308 e. The van der Waals surface area contributed by atoms with E-state index in [0.29, 0.717) is 56.0 Å². The van der Waals surface area contributed by atoms with E-state index in [1.807, 2.05) is 0 Å². The van der Waals surface area contributed by atoms with Crippen LogP contribution in [0.2, 0.25) is 0 Å². The molecular weight excluding hydrogens is 414 g/mol. The van der Waals surface area contributed by atoms with Crippen molar-refractivity contribution < 1.29 is 24.2 Å². The number of hydrogen-bond donors (Lipinski definition) is 2. The number of benzene rings is 1. The number of nitrogens with zero attached hydrogens (tertiary/aromatic N) is 4. The van der Waals surface area contributed by atoms with Crippen molar-refractivity contribution in [3.63, 3.8) is 0 Å². The number of anilines is 2. The Morgan fingerprint density at radius 2 is 1.84 bits per heavy atom. The van der Waals surface area contributed by atoms with Crippen LogP contribution in [0.25, 0.3) is 0 Å². The Hall–Kier alpha value is -3.40. The van der Waals surface area contributed by atoms with Gasteiger partial charge in [0, 0.05) is 56.7 Å². The first kappa shape index (κ1) is 21.8. The molecule has 1 atom stereocenters. The lowest BCUT2D eigenvalue weighted by Gasteiger charge is -2.24. The van der Waals surface area contributed by atoms with Crippen LogP contribution < -0.4 is 19.7 Å². The Labute approximate surface area is 186 Å². The van der Waals surface area contributed by atoms with Gasteiger partial charge >= 0.3 is 5.97 Å². The fourth-order valence-corrected chi connectivity index (χ4v) is 3.91. The highest BCUT2D eigenvalue weighted by Gasteiger charge is 2.26. The number of rotatable bonds is 7. The average Bonchev–Trinajstić information content (AvgIpc) is 3.05. The van der Waals surface area contributed by atoms with Gasteiger partial charge in [0.25, 0.3) is 0 Å². The second-order valence-corrected chi connectivity index (χ2v) is 7.84. The number of nitrogens with one attached hydrogen (secondary N) is 1. The summed E-state index contributed by atoms with van der Waals surface area (Å²) in [6, 6.07) is 6.92. The van der Waals surface area contributed by atoms with Gasteiger partial charge in [0.2, 0.25) is 11.9 Å². The molecule has 10 nitrogen and oxygen atoms in total. The number of carboxylic acids is 1. The molecule has 1 unspecified atom stereocenters. The van der Waals surface area contributed by atoms with E-state index in [1.165, 1.54) is 0 Å². The van der Waals surface area contributed by atoms with E-state index in [0.717, 1.165) is 19.5 Å². The minimum Gasteiger partial charge on any atom is -0.486 e. The van der Waals surface area contributed by atoms with Gasteiger partial charge < -0.3 is 29.7 Å². The van der Waals surface area contributed by atoms with Crippen molar-refractivity contribution in [1.29, 1.82) is 0 Å². The summed E-state index contributed by atoms with van der Waals surface area (Å²) in [6.45, 7) is 4.22. The van der Waals surface area contributed by atoms with Gasteiger partial charge in [-0.15, -0.1) is 0 Å². The SMILES string of the molecule is O=C(CC(CN1CCCN(c2ncccn2)CC1)C(=O)O)Nc1ccc2c(c1)OCCO2. The van der Waals surface area contributed by atoms with Gasteiger partial charge in [0.05, 0.1) is 5.92 Å². The van der Waals surface area contributed by atoms with Gasteiger partial charge in [-0.3, -0.25) is 9.59 Å². The zero-order valence-electron chi connectivity index (χ0n) is 17.8. The highest BCUT2D eigenvalue weighted by molar-refractivity contribution is 5.93. The number of carboxylic acid groups (broad SMARTS) is 1. The van der Waals surface area contributed by atoms with Crippen molar-refractivity contribution in [2.45, 2.75) is 12.8 Å². The molecule has 0 spiro atoms. The first-order valence-electron chi connectivity index (χ1n) is 10.7. The molecule has 2 N–H and O–H groups in total. The molecular formula is C22H27N5O5. The maximum absolute atomic E-state index is 12.6. The predicted octanol–water partition coefficient (Wildman–Crippen LogP) is 1.49. The minimum absolute atomic E-state index is 0.105. The number of aromatic nitrogens is 2. The highest BCUT2D eigenvalue weighted by Crippen LogP contribution is 2.32. The fourth-order valence-electron chi connectivity index (χ4n) is 3.91. The van der Waals surface area contributed by atoms with Crippen molar-refractivity contribution >= 4 is 23.5 Å². The summed E-state index contributed by atoms with van der Waals surface area (Å²) < 4.78 is 11.0. The second kappa shape index (κ2) is 10.3. The van der Waals surface area contributed by atoms with Crippen LogP contribution in [0, 0.1) is 5.92 Å². The summed E-state index contributed by atoms with van der Waals surface area (Å²) in [5.41, 5.74) is 0.552. The van der Waals surface area contributed by atoms with Crippen molar-refractivity contribution in [3.05, 3.63) is 36.7 Å². The molecule has 0 radical (unpaired) electrons. The number of amides is 1. The lowest BCUT2D eigenvalue weighted by Crippen LogP contribution is -2.38. The number of aliphatic carboxylic acids is 1. The molecule has 2 aromatic rings. The number of carbonyl (C=O) groups is 2. The zero-order chi connectivity index (χ0) is 22.3. The first-order valence-corrected chi connectivity index (χ1v) is 10.7. The molecule has 2 aliphatic rings. The van der Waals surface area contributed by atoms with Gasteiger partial charge in [-0.05, 0) is 31.2 Å². The Morgan fingerprint density at radius 3 is 2.62 bits per heavy atom. The van der Waals surface area contributed by atoms with Crippen molar-refractivity contribution in [3.8, 4) is 11.5 Å². The summed E-state index contributed by atoms with van der Waals surface area (Å²) in [7, 11) is 0. The zero-order valence-corrected chi connectivity index (χ0v) is 17.8. The molecule has 1 saturated heterocycles. The molecule has 1 fully saturated rings. The Bertz CT molecular complexity index is 942. The molecule has 4 rings (SSSR count). The van der Waals surface area contributed by atoms with Crippen molar-refractivity contribution in [1.82, 2.24) is 14.9 Å². The van der Waals surface area contributed by atoms with Gasteiger partial charge in [-0.25, -0.2) is 9.97 Å². The molecule has 0 aliphatic carbocycles. The Balaban J connectivity index is 1.31. The smallest absolute Gasteiger partial charge is 0.308 e. The van der Waals surface area contributed by atoms with Gasteiger partial charge in [-0.1, -0.05) is 0 Å². The summed E-state index contributed by atoms with van der Waals surface area (Å²) in [5.74, 6) is -0.234. The number of fused-ring (bicyclic) bond motifs is 1. The Morgan fingerprint density at radius 1 is 1.06 bits per heavy atom. The van der Waals surface area contributed by atoms with Crippen LogP contribution >= 0.6 is 0 Å². The molecule has 32 heavy (non-hydrogen) atoms. The molecule has 1 amide bonds. The molecule has 10 heteroatoms.